The number of amides is 4. The minimum atomic E-state index is -0.722. The number of hydrogen-bond acceptors (Lipinski definition) is 5. The molecule has 1 rings (SSSR count). The van der Waals surface area contributed by atoms with Crippen molar-refractivity contribution < 1.29 is 14.4 Å². The predicted molar refractivity (Wildman–Crippen MR) is 111 cm³/mol. The average Bonchev–Trinajstić information content (AvgIpc) is 2.72. The first-order valence-corrected chi connectivity index (χ1v) is 11.2. The number of imide groups is 2. The molecule has 0 aromatic carbocycles. The van der Waals surface area contributed by atoms with Crippen molar-refractivity contribution in [2.45, 2.75) is 102 Å². The Balaban J connectivity index is 2.74. The molecule has 1 aliphatic heterocycles. The van der Waals surface area contributed by atoms with Crippen LogP contribution in [0.25, 0.3) is 0 Å². The number of unbranched alkanes of at least 4 members (excludes halogenated alkanes) is 4. The molecule has 26 heavy (non-hydrogen) atoms. The molecule has 0 saturated carbocycles. The van der Waals surface area contributed by atoms with E-state index < -0.39 is 17.8 Å². The van der Waals surface area contributed by atoms with Crippen LogP contribution < -0.4 is 0 Å². The quantitative estimate of drug-likeness (QED) is 0.179. The van der Waals surface area contributed by atoms with Crippen LogP contribution in [-0.4, -0.2) is 35.9 Å². The zero-order valence-corrected chi connectivity index (χ0v) is 18.7. The maximum absolute atomic E-state index is 12.7. The van der Waals surface area contributed by atoms with Crippen molar-refractivity contribution in [3.05, 3.63) is 0 Å². The van der Waals surface area contributed by atoms with Crippen molar-refractivity contribution in [1.82, 2.24) is 8.61 Å². The van der Waals surface area contributed by atoms with E-state index in [4.69, 9.17) is 0 Å². The van der Waals surface area contributed by atoms with Crippen LogP contribution >= 0.6 is 23.9 Å². The van der Waals surface area contributed by atoms with E-state index >= 15 is 0 Å². The van der Waals surface area contributed by atoms with E-state index in [1.165, 1.54) is 23.9 Å². The Morgan fingerprint density at radius 2 is 1.04 bits per heavy atom. The highest BCUT2D eigenvalue weighted by Crippen LogP contribution is 2.41. The molecular formula is C19H34N2O3S2. The lowest BCUT2D eigenvalue weighted by Gasteiger charge is -2.29. The second-order valence-electron chi connectivity index (χ2n) is 8.10. The Hall–Kier alpha value is -0.690. The summed E-state index contributed by atoms with van der Waals surface area (Å²) in [5.41, 5.74) is 0. The normalized spacial score (nSPS) is 16.2. The smallest absolute Gasteiger partial charge is 0.262 e. The van der Waals surface area contributed by atoms with Crippen LogP contribution in [0.15, 0.2) is 0 Å². The first-order chi connectivity index (χ1) is 12.0. The van der Waals surface area contributed by atoms with E-state index in [1.807, 2.05) is 27.7 Å². The SMILES string of the molecule is CCCCCC(C)(C)SN1C(=O)C(=O)N(SC(C)(C)CCCCC)C1=O. The number of hydrogen-bond donors (Lipinski definition) is 0. The Kier molecular flexibility index (Phi) is 9.00. The van der Waals surface area contributed by atoms with Crippen LogP contribution in [0.3, 0.4) is 0 Å². The van der Waals surface area contributed by atoms with Crippen LogP contribution in [0.4, 0.5) is 4.79 Å². The lowest BCUT2D eigenvalue weighted by Crippen LogP contribution is -2.32. The van der Waals surface area contributed by atoms with Crippen LogP contribution in [0.5, 0.6) is 0 Å². The Bertz CT molecular complexity index is 477. The second-order valence-corrected chi connectivity index (χ2v) is 11.4. The molecule has 4 amide bonds. The molecule has 7 heteroatoms. The first kappa shape index (κ1) is 23.3. The van der Waals surface area contributed by atoms with Crippen LogP contribution in [0.1, 0.15) is 92.9 Å². The molecule has 0 N–H and O–H groups in total. The molecule has 5 nitrogen and oxygen atoms in total. The summed E-state index contributed by atoms with van der Waals surface area (Å²) in [6.07, 6.45) is 8.38. The molecule has 0 aromatic heterocycles. The summed E-state index contributed by atoms with van der Waals surface area (Å²) in [5.74, 6) is -1.44. The van der Waals surface area contributed by atoms with Crippen LogP contribution in [0, 0.1) is 0 Å². The van der Waals surface area contributed by atoms with Crippen molar-refractivity contribution in [2.75, 3.05) is 0 Å². The van der Waals surface area contributed by atoms with Gasteiger partial charge < -0.3 is 0 Å². The largest absolute Gasteiger partial charge is 0.354 e. The highest BCUT2D eigenvalue weighted by molar-refractivity contribution is 8.01. The molecule has 1 fully saturated rings. The van der Waals surface area contributed by atoms with E-state index in [1.54, 1.807) is 0 Å². The van der Waals surface area contributed by atoms with Crippen molar-refractivity contribution in [3.63, 3.8) is 0 Å². The maximum atomic E-state index is 12.7. The minimum absolute atomic E-state index is 0.266. The third-order valence-electron chi connectivity index (χ3n) is 4.34. The van der Waals surface area contributed by atoms with Gasteiger partial charge in [-0.15, -0.1) is 0 Å². The predicted octanol–water partition coefficient (Wildman–Crippen LogP) is 5.79. The van der Waals surface area contributed by atoms with E-state index in [9.17, 15) is 14.4 Å². The second kappa shape index (κ2) is 10.0. The third-order valence-corrected chi connectivity index (χ3v) is 6.75. The van der Waals surface area contributed by atoms with Crippen LogP contribution in [0.2, 0.25) is 0 Å². The fourth-order valence-corrected chi connectivity index (χ4v) is 4.93. The third kappa shape index (κ3) is 6.80. The van der Waals surface area contributed by atoms with Gasteiger partial charge in [-0.3, -0.25) is 9.59 Å². The van der Waals surface area contributed by atoms with Crippen molar-refractivity contribution >= 4 is 41.7 Å². The van der Waals surface area contributed by atoms with Gasteiger partial charge in [-0.2, -0.15) is 8.61 Å². The van der Waals surface area contributed by atoms with Gasteiger partial charge in [-0.05, 0) is 64.4 Å². The molecule has 1 heterocycles. The molecule has 0 spiro atoms. The summed E-state index contributed by atoms with van der Waals surface area (Å²) in [5, 5.41) is 0. The number of carbonyl (C=O) groups excluding carboxylic acids is 3. The molecular weight excluding hydrogens is 368 g/mol. The monoisotopic (exact) mass is 402 g/mol. The summed E-state index contributed by atoms with van der Waals surface area (Å²) in [4.78, 5) is 37.4. The van der Waals surface area contributed by atoms with Gasteiger partial charge in [0.25, 0.3) is 0 Å². The zero-order chi connectivity index (χ0) is 20.0. The lowest BCUT2D eigenvalue weighted by atomic mass is 10.0. The lowest BCUT2D eigenvalue weighted by molar-refractivity contribution is -0.139. The van der Waals surface area contributed by atoms with Gasteiger partial charge in [0.1, 0.15) is 0 Å². The van der Waals surface area contributed by atoms with Gasteiger partial charge in [-0.1, -0.05) is 52.4 Å². The summed E-state index contributed by atoms with van der Waals surface area (Å²) in [7, 11) is 0. The van der Waals surface area contributed by atoms with Gasteiger partial charge in [0.15, 0.2) is 0 Å². The summed E-state index contributed by atoms with van der Waals surface area (Å²) < 4.78 is 1.59. The molecule has 0 radical (unpaired) electrons. The Labute approximate surface area is 167 Å². The topological polar surface area (TPSA) is 57.7 Å². The van der Waals surface area contributed by atoms with E-state index in [0.29, 0.717) is 0 Å². The molecule has 150 valence electrons. The number of urea groups is 1. The number of carbonyl (C=O) groups is 3. The number of rotatable bonds is 12. The van der Waals surface area contributed by atoms with E-state index in [2.05, 4.69) is 13.8 Å². The molecule has 0 aliphatic carbocycles. The minimum Gasteiger partial charge on any atom is -0.262 e. The standard InChI is InChI=1S/C19H34N2O3S2/c1-7-9-11-13-18(3,4)25-20-15(22)16(23)21(17(20)24)26-19(5,6)14-12-10-8-2/h7-14H2,1-6H3. The molecule has 0 bridgehead atoms. The summed E-state index contributed by atoms with van der Waals surface area (Å²) in [6.45, 7) is 12.4. The maximum Gasteiger partial charge on any atom is 0.354 e. The van der Waals surface area contributed by atoms with Crippen LogP contribution in [-0.2, 0) is 9.59 Å². The molecule has 0 atom stereocenters. The molecule has 1 saturated heterocycles. The summed E-state index contributed by atoms with van der Waals surface area (Å²) >= 11 is 2.38. The van der Waals surface area contributed by atoms with E-state index in [-0.39, 0.29) is 9.49 Å². The highest BCUT2D eigenvalue weighted by Gasteiger charge is 2.49. The average molecular weight is 403 g/mol. The van der Waals surface area contributed by atoms with Gasteiger partial charge in [-0.25, -0.2) is 4.79 Å². The zero-order valence-electron chi connectivity index (χ0n) is 17.1. The highest BCUT2D eigenvalue weighted by atomic mass is 32.2. The van der Waals surface area contributed by atoms with Gasteiger partial charge in [0, 0.05) is 9.49 Å². The fraction of sp³-hybridized carbons (Fsp3) is 0.842. The first-order valence-electron chi connectivity index (χ1n) is 9.65. The fourth-order valence-electron chi connectivity index (χ4n) is 2.78. The van der Waals surface area contributed by atoms with Gasteiger partial charge >= 0.3 is 17.8 Å². The molecule has 0 aromatic rings. The molecule has 1 aliphatic rings. The summed E-state index contributed by atoms with van der Waals surface area (Å²) in [6, 6.07) is -0.512. The number of nitrogens with zero attached hydrogens (tertiary/aromatic N) is 2. The van der Waals surface area contributed by atoms with Crippen molar-refractivity contribution in [2.24, 2.45) is 0 Å². The van der Waals surface area contributed by atoms with Gasteiger partial charge in [0.2, 0.25) is 0 Å². The molecule has 0 unspecified atom stereocenters. The Morgan fingerprint density at radius 1 is 0.692 bits per heavy atom. The van der Waals surface area contributed by atoms with Crippen molar-refractivity contribution in [1.29, 1.82) is 0 Å². The van der Waals surface area contributed by atoms with Crippen molar-refractivity contribution in [3.8, 4) is 0 Å². The van der Waals surface area contributed by atoms with E-state index in [0.717, 1.165) is 60.0 Å². The Morgan fingerprint density at radius 3 is 1.35 bits per heavy atom. The van der Waals surface area contributed by atoms with Gasteiger partial charge in [0.05, 0.1) is 0 Å².